The SMILES string of the molecule is CC(=O)[C@@]1(O)CC[C@H]2[C@@H]3CCC4=CC(=O)C(c5ccccc5)CC4=C3CC[C@@]21C. The van der Waals surface area contributed by atoms with Gasteiger partial charge in [0.1, 0.15) is 5.60 Å². The summed E-state index contributed by atoms with van der Waals surface area (Å²) in [6.07, 6.45) is 8.03. The molecule has 2 fully saturated rings. The summed E-state index contributed by atoms with van der Waals surface area (Å²) in [5.41, 5.74) is 3.80. The van der Waals surface area contributed by atoms with E-state index in [1.54, 1.807) is 6.92 Å². The number of hydrogen-bond donors (Lipinski definition) is 1. The number of aliphatic hydroxyl groups is 1. The van der Waals surface area contributed by atoms with Gasteiger partial charge < -0.3 is 5.11 Å². The van der Waals surface area contributed by atoms with Gasteiger partial charge in [-0.05, 0) is 86.5 Å². The van der Waals surface area contributed by atoms with Crippen LogP contribution in [0.1, 0.15) is 70.3 Å². The molecule has 0 bridgehead atoms. The van der Waals surface area contributed by atoms with Crippen LogP contribution in [0.3, 0.4) is 0 Å². The molecule has 29 heavy (non-hydrogen) atoms. The lowest BCUT2D eigenvalue weighted by Crippen LogP contribution is -2.53. The summed E-state index contributed by atoms with van der Waals surface area (Å²) in [6.45, 7) is 3.70. The second-order valence-corrected chi connectivity index (χ2v) is 9.87. The third-order valence-corrected chi connectivity index (χ3v) is 8.78. The molecule has 0 aliphatic heterocycles. The summed E-state index contributed by atoms with van der Waals surface area (Å²) < 4.78 is 0. The zero-order valence-corrected chi connectivity index (χ0v) is 17.4. The summed E-state index contributed by atoms with van der Waals surface area (Å²) in [5, 5.41) is 11.2. The first kappa shape index (κ1) is 19.0. The highest BCUT2D eigenvalue weighted by molar-refractivity contribution is 5.98. The molecule has 4 aliphatic rings. The van der Waals surface area contributed by atoms with Crippen molar-refractivity contribution in [3.63, 3.8) is 0 Å². The highest BCUT2D eigenvalue weighted by atomic mass is 16.3. The maximum atomic E-state index is 12.8. The molecule has 0 saturated heterocycles. The average molecular weight is 391 g/mol. The lowest BCUT2D eigenvalue weighted by molar-refractivity contribution is -0.152. The van der Waals surface area contributed by atoms with E-state index in [9.17, 15) is 14.7 Å². The maximum Gasteiger partial charge on any atom is 0.163 e. The van der Waals surface area contributed by atoms with Gasteiger partial charge in [0.05, 0.1) is 5.92 Å². The summed E-state index contributed by atoms with van der Waals surface area (Å²) in [7, 11) is 0. The van der Waals surface area contributed by atoms with Crippen LogP contribution in [0.2, 0.25) is 0 Å². The van der Waals surface area contributed by atoms with Crippen molar-refractivity contribution in [2.24, 2.45) is 17.3 Å². The smallest absolute Gasteiger partial charge is 0.163 e. The first-order valence-electron chi connectivity index (χ1n) is 11.1. The summed E-state index contributed by atoms with van der Waals surface area (Å²) in [6, 6.07) is 10.1. The van der Waals surface area contributed by atoms with E-state index in [0.717, 1.165) is 44.1 Å². The molecule has 5 rings (SSSR count). The second kappa shape index (κ2) is 6.50. The zero-order chi connectivity index (χ0) is 20.4. The van der Waals surface area contributed by atoms with Gasteiger partial charge in [-0.1, -0.05) is 42.8 Å². The monoisotopic (exact) mass is 390 g/mol. The number of benzene rings is 1. The third kappa shape index (κ3) is 2.59. The topological polar surface area (TPSA) is 54.4 Å². The predicted octanol–water partition coefficient (Wildman–Crippen LogP) is 4.91. The molecule has 2 saturated carbocycles. The van der Waals surface area contributed by atoms with Crippen LogP contribution in [0.15, 0.2) is 53.1 Å². The molecule has 0 amide bonds. The second-order valence-electron chi connectivity index (χ2n) is 9.87. The van der Waals surface area contributed by atoms with Gasteiger partial charge >= 0.3 is 0 Å². The first-order chi connectivity index (χ1) is 13.8. The van der Waals surface area contributed by atoms with Gasteiger partial charge in [-0.15, -0.1) is 0 Å². The van der Waals surface area contributed by atoms with Crippen molar-refractivity contribution in [2.75, 3.05) is 0 Å². The van der Waals surface area contributed by atoms with Crippen LogP contribution in [0.25, 0.3) is 0 Å². The summed E-state index contributed by atoms with van der Waals surface area (Å²) >= 11 is 0. The Morgan fingerprint density at radius 1 is 1.10 bits per heavy atom. The highest BCUT2D eigenvalue weighted by Crippen LogP contribution is 2.63. The molecular formula is C26H30O3. The number of hydrogen-bond acceptors (Lipinski definition) is 3. The highest BCUT2D eigenvalue weighted by Gasteiger charge is 2.62. The van der Waals surface area contributed by atoms with Gasteiger partial charge in [-0.25, -0.2) is 0 Å². The van der Waals surface area contributed by atoms with E-state index in [-0.39, 0.29) is 22.9 Å². The molecule has 1 N–H and O–H groups in total. The van der Waals surface area contributed by atoms with E-state index in [4.69, 9.17) is 0 Å². The van der Waals surface area contributed by atoms with E-state index in [1.165, 1.54) is 16.7 Å². The number of Topliss-reactive ketones (excluding diaryl/α,β-unsaturated/α-hetero) is 1. The number of allylic oxidation sites excluding steroid dienone is 4. The number of carbonyl (C=O) groups is 2. The van der Waals surface area contributed by atoms with Crippen molar-refractivity contribution in [2.45, 2.75) is 70.3 Å². The Labute approximate surface area is 172 Å². The van der Waals surface area contributed by atoms with Crippen LogP contribution in [0.4, 0.5) is 0 Å². The van der Waals surface area contributed by atoms with Crippen molar-refractivity contribution < 1.29 is 14.7 Å². The normalized spacial score (nSPS) is 38.8. The molecule has 0 aromatic heterocycles. The van der Waals surface area contributed by atoms with E-state index in [1.807, 2.05) is 24.3 Å². The first-order valence-corrected chi connectivity index (χ1v) is 11.1. The van der Waals surface area contributed by atoms with Crippen molar-refractivity contribution in [3.05, 3.63) is 58.7 Å². The Morgan fingerprint density at radius 3 is 2.59 bits per heavy atom. The fourth-order valence-corrected chi connectivity index (χ4v) is 7.10. The minimum atomic E-state index is -1.17. The Morgan fingerprint density at radius 2 is 1.86 bits per heavy atom. The fourth-order valence-electron chi connectivity index (χ4n) is 7.10. The van der Waals surface area contributed by atoms with E-state index >= 15 is 0 Å². The Bertz CT molecular complexity index is 940. The van der Waals surface area contributed by atoms with Gasteiger partial charge in [0.15, 0.2) is 11.6 Å². The zero-order valence-electron chi connectivity index (χ0n) is 17.4. The Balaban J connectivity index is 1.53. The van der Waals surface area contributed by atoms with Crippen LogP contribution in [-0.2, 0) is 9.59 Å². The van der Waals surface area contributed by atoms with E-state index in [2.05, 4.69) is 19.1 Å². The molecule has 1 aromatic carbocycles. The van der Waals surface area contributed by atoms with Crippen LogP contribution in [-0.4, -0.2) is 22.3 Å². The number of ketones is 2. The Kier molecular flexibility index (Phi) is 4.26. The van der Waals surface area contributed by atoms with Crippen LogP contribution < -0.4 is 0 Å². The molecule has 152 valence electrons. The molecule has 4 aliphatic carbocycles. The van der Waals surface area contributed by atoms with Gasteiger partial charge in [-0.2, -0.15) is 0 Å². The molecular weight excluding hydrogens is 360 g/mol. The lowest BCUT2D eigenvalue weighted by atomic mass is 9.54. The van der Waals surface area contributed by atoms with Gasteiger partial charge in [0.2, 0.25) is 0 Å². The van der Waals surface area contributed by atoms with Gasteiger partial charge in [0, 0.05) is 5.41 Å². The number of carbonyl (C=O) groups excluding carboxylic acids is 2. The largest absolute Gasteiger partial charge is 0.382 e. The van der Waals surface area contributed by atoms with Crippen LogP contribution >= 0.6 is 0 Å². The maximum absolute atomic E-state index is 12.8. The fraction of sp³-hybridized carbons (Fsp3) is 0.538. The van der Waals surface area contributed by atoms with Crippen molar-refractivity contribution in [3.8, 4) is 0 Å². The molecule has 0 radical (unpaired) electrons. The standard InChI is InChI=1S/C26H30O3/c1-16(27)26(29)13-11-23-20-9-8-18-14-24(28)22(17-6-4-3-5-7-17)15-21(18)19(20)10-12-25(23,26)2/h3-7,14,20,22-23,29H,8-13,15H2,1-2H3/t20-,22?,23+,25+,26+/m1/s1. The molecule has 0 heterocycles. The predicted molar refractivity (Wildman–Crippen MR) is 112 cm³/mol. The quantitative estimate of drug-likeness (QED) is 0.781. The van der Waals surface area contributed by atoms with Crippen molar-refractivity contribution in [1.29, 1.82) is 0 Å². The van der Waals surface area contributed by atoms with Crippen LogP contribution in [0.5, 0.6) is 0 Å². The van der Waals surface area contributed by atoms with Crippen molar-refractivity contribution in [1.82, 2.24) is 0 Å². The number of rotatable bonds is 2. The summed E-state index contributed by atoms with van der Waals surface area (Å²) in [5.74, 6) is 0.900. The lowest BCUT2D eigenvalue weighted by Gasteiger charge is -2.51. The van der Waals surface area contributed by atoms with Crippen LogP contribution in [0, 0.1) is 17.3 Å². The average Bonchev–Trinajstić information content (AvgIpc) is 3.00. The van der Waals surface area contributed by atoms with Crippen molar-refractivity contribution >= 4 is 11.6 Å². The van der Waals surface area contributed by atoms with Gasteiger partial charge in [0.25, 0.3) is 0 Å². The Hall–Kier alpha value is -2.00. The van der Waals surface area contributed by atoms with E-state index < -0.39 is 5.60 Å². The summed E-state index contributed by atoms with van der Waals surface area (Å²) in [4.78, 5) is 25.2. The third-order valence-electron chi connectivity index (χ3n) is 8.78. The molecule has 3 nitrogen and oxygen atoms in total. The molecule has 3 heteroatoms. The molecule has 1 unspecified atom stereocenters. The molecule has 0 spiro atoms. The number of fused-ring (bicyclic) bond motifs is 4. The van der Waals surface area contributed by atoms with Gasteiger partial charge in [-0.3, -0.25) is 9.59 Å². The molecule has 5 atom stereocenters. The minimum absolute atomic E-state index is 0.0672. The minimum Gasteiger partial charge on any atom is -0.382 e. The van der Waals surface area contributed by atoms with E-state index in [0.29, 0.717) is 18.3 Å². The molecule has 1 aromatic rings.